The number of benzene rings is 1. The molecule has 2 atom stereocenters. The molecule has 0 saturated carbocycles. The first kappa shape index (κ1) is 22.4. The van der Waals surface area contributed by atoms with Crippen LogP contribution in [0.4, 0.5) is 11.5 Å². The molecule has 170 valence electrons. The fourth-order valence-corrected chi connectivity index (χ4v) is 4.25. The quantitative estimate of drug-likeness (QED) is 0.538. The number of nitrogens with one attached hydrogen (secondary N) is 2. The van der Waals surface area contributed by atoms with Gasteiger partial charge in [0.05, 0.1) is 17.3 Å². The number of hydrogen-bond acceptors (Lipinski definition) is 6. The Morgan fingerprint density at radius 1 is 1.15 bits per heavy atom. The Balaban J connectivity index is 1.68. The monoisotopic (exact) mass is 444 g/mol. The summed E-state index contributed by atoms with van der Waals surface area (Å²) in [5, 5.41) is 6.26. The van der Waals surface area contributed by atoms with Crippen molar-refractivity contribution in [2.75, 3.05) is 23.3 Å². The minimum atomic E-state index is -0.198. The number of fused-ring (bicyclic) bond motifs is 1. The third-order valence-electron chi connectivity index (χ3n) is 5.76. The van der Waals surface area contributed by atoms with Gasteiger partial charge in [0.25, 0.3) is 5.91 Å². The first-order chi connectivity index (χ1) is 16.0. The van der Waals surface area contributed by atoms with E-state index in [1.54, 1.807) is 25.4 Å². The lowest BCUT2D eigenvalue weighted by Crippen LogP contribution is -2.43. The maximum atomic E-state index is 12.4. The highest BCUT2D eigenvalue weighted by Gasteiger charge is 2.32. The van der Waals surface area contributed by atoms with Gasteiger partial charge in [-0.05, 0) is 55.3 Å². The molecule has 4 N–H and O–H groups in total. The van der Waals surface area contributed by atoms with Crippen LogP contribution in [0.25, 0.3) is 11.3 Å². The Morgan fingerprint density at radius 3 is 2.67 bits per heavy atom. The average molecular weight is 445 g/mol. The molecule has 3 heterocycles. The van der Waals surface area contributed by atoms with Crippen molar-refractivity contribution < 1.29 is 9.59 Å². The molecule has 8 nitrogen and oxygen atoms in total. The predicted octanol–water partition coefficient (Wildman–Crippen LogP) is 3.13. The molecule has 0 fully saturated rings. The van der Waals surface area contributed by atoms with Crippen LogP contribution in [0.15, 0.2) is 60.9 Å². The molecule has 2 aromatic heterocycles. The molecular formula is C25H28N6O2. The molecule has 1 aliphatic rings. The predicted molar refractivity (Wildman–Crippen MR) is 129 cm³/mol. The molecule has 4 rings (SSSR count). The van der Waals surface area contributed by atoms with Crippen molar-refractivity contribution in [2.24, 2.45) is 5.73 Å². The van der Waals surface area contributed by atoms with Crippen LogP contribution in [-0.2, 0) is 4.79 Å². The zero-order chi connectivity index (χ0) is 23.4. The fourth-order valence-electron chi connectivity index (χ4n) is 4.25. The van der Waals surface area contributed by atoms with Gasteiger partial charge in [0, 0.05) is 49.7 Å². The molecule has 1 aliphatic heterocycles. The molecule has 1 aromatic carbocycles. The molecule has 0 radical (unpaired) electrons. The Labute approximate surface area is 193 Å². The average Bonchev–Trinajstić information content (AvgIpc) is 2.83. The minimum Gasteiger partial charge on any atom is -0.363 e. The summed E-state index contributed by atoms with van der Waals surface area (Å²) in [7, 11) is 0. The summed E-state index contributed by atoms with van der Waals surface area (Å²) >= 11 is 0. The number of hydrogen-bond donors (Lipinski definition) is 3. The molecule has 33 heavy (non-hydrogen) atoms. The summed E-state index contributed by atoms with van der Waals surface area (Å²) in [5.74, 6) is 0.600. The topological polar surface area (TPSA) is 113 Å². The van der Waals surface area contributed by atoms with E-state index in [0.29, 0.717) is 18.7 Å². The Hall–Kier alpha value is -3.78. The van der Waals surface area contributed by atoms with Gasteiger partial charge in [-0.25, -0.2) is 4.98 Å². The Morgan fingerprint density at radius 2 is 2.00 bits per heavy atom. The van der Waals surface area contributed by atoms with E-state index >= 15 is 0 Å². The maximum Gasteiger partial charge on any atom is 0.252 e. The van der Waals surface area contributed by atoms with Gasteiger partial charge in [-0.15, -0.1) is 0 Å². The molecule has 8 heteroatoms. The van der Waals surface area contributed by atoms with Crippen LogP contribution < -0.4 is 21.3 Å². The highest BCUT2D eigenvalue weighted by atomic mass is 16.2. The molecule has 0 spiro atoms. The molecule has 2 amide bonds. The lowest BCUT2D eigenvalue weighted by Gasteiger charge is -2.39. The third kappa shape index (κ3) is 4.85. The standard InChI is InChI=1S/C25H28N6O2/c1-16-13-22(30-24-5-3-4-11-27-24)20-14-18(7-9-23(20)31(16)17(2)32)21-8-6-19(15-29-21)25(33)28-12-10-26/h3-9,11,14-16,22H,10,12-13,26H2,1-2H3,(H,27,30)(H,28,33)/t16-,22+/m0/s1. The summed E-state index contributed by atoms with van der Waals surface area (Å²) < 4.78 is 0. The van der Waals surface area contributed by atoms with Crippen LogP contribution in [0.3, 0.4) is 0 Å². The zero-order valence-corrected chi connectivity index (χ0v) is 18.8. The number of aromatic nitrogens is 2. The first-order valence-corrected chi connectivity index (χ1v) is 11.0. The number of rotatable bonds is 6. The van der Waals surface area contributed by atoms with Gasteiger partial charge in [0.15, 0.2) is 0 Å². The molecule has 0 unspecified atom stereocenters. The van der Waals surface area contributed by atoms with E-state index in [2.05, 4.69) is 33.6 Å². The zero-order valence-electron chi connectivity index (χ0n) is 18.8. The number of nitrogens with two attached hydrogens (primary N) is 1. The second-order valence-electron chi connectivity index (χ2n) is 8.14. The number of anilines is 2. The SMILES string of the molecule is CC(=O)N1c2ccc(-c3ccc(C(=O)NCCN)cn3)cc2[C@H](Nc2ccccn2)C[C@@H]1C. The van der Waals surface area contributed by atoms with E-state index in [-0.39, 0.29) is 23.9 Å². The lowest BCUT2D eigenvalue weighted by atomic mass is 9.89. The van der Waals surface area contributed by atoms with E-state index in [4.69, 9.17) is 5.73 Å². The Kier molecular flexibility index (Phi) is 6.65. The lowest BCUT2D eigenvalue weighted by molar-refractivity contribution is -0.117. The van der Waals surface area contributed by atoms with E-state index < -0.39 is 0 Å². The van der Waals surface area contributed by atoms with Crippen molar-refractivity contribution in [3.63, 3.8) is 0 Å². The summed E-state index contributed by atoms with van der Waals surface area (Å²) in [6, 6.07) is 15.4. The fraction of sp³-hybridized carbons (Fsp3) is 0.280. The highest BCUT2D eigenvalue weighted by molar-refractivity contribution is 5.95. The maximum absolute atomic E-state index is 12.4. The van der Waals surface area contributed by atoms with Crippen LogP contribution in [0, 0.1) is 0 Å². The van der Waals surface area contributed by atoms with Gasteiger partial charge >= 0.3 is 0 Å². The molecule has 0 saturated heterocycles. The molecule has 0 bridgehead atoms. The second-order valence-corrected chi connectivity index (χ2v) is 8.14. The van der Waals surface area contributed by atoms with Gasteiger partial charge in [0.2, 0.25) is 5.91 Å². The number of pyridine rings is 2. The van der Waals surface area contributed by atoms with E-state index in [1.165, 1.54) is 0 Å². The number of carbonyl (C=O) groups is 2. The van der Waals surface area contributed by atoms with Crippen molar-refractivity contribution in [1.82, 2.24) is 15.3 Å². The number of amides is 2. The summed E-state index contributed by atoms with van der Waals surface area (Å²) in [6.07, 6.45) is 4.07. The Bertz CT molecular complexity index is 1130. The van der Waals surface area contributed by atoms with Gasteiger partial charge in [0.1, 0.15) is 5.82 Å². The van der Waals surface area contributed by atoms with Crippen molar-refractivity contribution in [3.8, 4) is 11.3 Å². The summed E-state index contributed by atoms with van der Waals surface area (Å²) in [4.78, 5) is 35.3. The highest BCUT2D eigenvalue weighted by Crippen LogP contribution is 2.40. The van der Waals surface area contributed by atoms with Crippen molar-refractivity contribution in [2.45, 2.75) is 32.4 Å². The number of carbonyl (C=O) groups excluding carboxylic acids is 2. The van der Waals surface area contributed by atoms with Crippen molar-refractivity contribution >= 4 is 23.3 Å². The van der Waals surface area contributed by atoms with Gasteiger partial charge in [-0.2, -0.15) is 0 Å². The molecule has 0 aliphatic carbocycles. The third-order valence-corrected chi connectivity index (χ3v) is 5.76. The molecular weight excluding hydrogens is 416 g/mol. The van der Waals surface area contributed by atoms with Crippen molar-refractivity contribution in [1.29, 1.82) is 0 Å². The molecule has 3 aromatic rings. The van der Waals surface area contributed by atoms with Gasteiger partial charge in [-0.1, -0.05) is 12.1 Å². The van der Waals surface area contributed by atoms with Crippen LogP contribution in [-0.4, -0.2) is 40.9 Å². The largest absolute Gasteiger partial charge is 0.363 e. The summed E-state index contributed by atoms with van der Waals surface area (Å²) in [6.45, 7) is 4.45. The first-order valence-electron chi connectivity index (χ1n) is 11.0. The smallest absolute Gasteiger partial charge is 0.252 e. The van der Waals surface area contributed by atoms with E-state index in [9.17, 15) is 9.59 Å². The van der Waals surface area contributed by atoms with Gasteiger partial charge in [-0.3, -0.25) is 14.6 Å². The van der Waals surface area contributed by atoms with E-state index in [0.717, 1.165) is 34.7 Å². The number of nitrogens with zero attached hydrogens (tertiary/aromatic N) is 3. The van der Waals surface area contributed by atoms with Crippen LogP contribution in [0.2, 0.25) is 0 Å². The van der Waals surface area contributed by atoms with Crippen LogP contribution in [0.5, 0.6) is 0 Å². The normalized spacial score (nSPS) is 17.2. The summed E-state index contributed by atoms with van der Waals surface area (Å²) in [5.41, 5.74) is 9.48. The van der Waals surface area contributed by atoms with Crippen LogP contribution in [0.1, 0.15) is 42.2 Å². The minimum absolute atomic E-state index is 0.0123. The van der Waals surface area contributed by atoms with Gasteiger partial charge < -0.3 is 21.3 Å². The van der Waals surface area contributed by atoms with Crippen molar-refractivity contribution in [3.05, 3.63) is 72.1 Å². The second kappa shape index (κ2) is 9.79. The van der Waals surface area contributed by atoms with E-state index in [1.807, 2.05) is 41.3 Å². The van der Waals surface area contributed by atoms with Crippen LogP contribution >= 0.6 is 0 Å².